The molecule has 13 heavy (non-hydrogen) atoms. The predicted molar refractivity (Wildman–Crippen MR) is 52.1 cm³/mol. The zero-order valence-electron chi connectivity index (χ0n) is 8.02. The lowest BCUT2D eigenvalue weighted by molar-refractivity contribution is -0.115. The maximum atomic E-state index is 10.8. The summed E-state index contributed by atoms with van der Waals surface area (Å²) in [7, 11) is 0. The monoisotopic (exact) mass is 180 g/mol. The minimum absolute atomic E-state index is 0.172. The van der Waals surface area contributed by atoms with E-state index >= 15 is 0 Å². The van der Waals surface area contributed by atoms with Gasteiger partial charge in [0.15, 0.2) is 0 Å². The lowest BCUT2D eigenvalue weighted by Gasteiger charge is -2.02. The number of rotatable bonds is 5. The molecule has 0 spiro atoms. The second-order valence-corrected chi connectivity index (χ2v) is 3.21. The molecule has 0 saturated heterocycles. The quantitative estimate of drug-likeness (QED) is 0.471. The van der Waals surface area contributed by atoms with Crippen LogP contribution in [-0.2, 0) is 4.79 Å². The van der Waals surface area contributed by atoms with E-state index in [1.807, 2.05) is 0 Å². The highest BCUT2D eigenvalue weighted by Crippen LogP contribution is 2.17. The van der Waals surface area contributed by atoms with Gasteiger partial charge in [0.1, 0.15) is 0 Å². The van der Waals surface area contributed by atoms with E-state index < -0.39 is 0 Å². The number of nitrogens with one attached hydrogen (secondary N) is 2. The summed E-state index contributed by atoms with van der Waals surface area (Å²) < 4.78 is 0. The van der Waals surface area contributed by atoms with Crippen molar-refractivity contribution in [3.05, 3.63) is 0 Å². The molecule has 1 saturated carbocycles. The molecule has 2 N–H and O–H groups in total. The van der Waals surface area contributed by atoms with Crippen molar-refractivity contribution in [2.45, 2.75) is 32.2 Å². The normalized spacial score (nSPS) is 14.5. The maximum absolute atomic E-state index is 10.8. The van der Waals surface area contributed by atoms with Crippen molar-refractivity contribution in [3.8, 4) is 11.8 Å². The Hall–Kier alpha value is -1.01. The van der Waals surface area contributed by atoms with E-state index in [2.05, 4.69) is 22.5 Å². The van der Waals surface area contributed by atoms with Gasteiger partial charge in [-0.25, -0.2) is 0 Å². The molecule has 1 fully saturated rings. The molecule has 1 aliphatic carbocycles. The molecule has 0 unspecified atom stereocenters. The van der Waals surface area contributed by atoms with Crippen molar-refractivity contribution < 1.29 is 4.79 Å². The van der Waals surface area contributed by atoms with E-state index in [4.69, 9.17) is 0 Å². The zero-order valence-corrected chi connectivity index (χ0v) is 8.02. The lowest BCUT2D eigenvalue weighted by Crippen LogP contribution is -2.26. The van der Waals surface area contributed by atoms with E-state index in [0.717, 1.165) is 19.0 Å². The van der Waals surface area contributed by atoms with E-state index in [0.29, 0.717) is 6.54 Å². The van der Waals surface area contributed by atoms with E-state index in [1.54, 1.807) is 6.92 Å². The Morgan fingerprint density at radius 2 is 2.23 bits per heavy atom. The molecule has 0 atom stereocenters. The topological polar surface area (TPSA) is 41.1 Å². The second-order valence-electron chi connectivity index (χ2n) is 3.21. The fourth-order valence-electron chi connectivity index (χ4n) is 1.04. The van der Waals surface area contributed by atoms with Crippen LogP contribution in [0.2, 0.25) is 0 Å². The van der Waals surface area contributed by atoms with Crippen LogP contribution < -0.4 is 10.6 Å². The zero-order chi connectivity index (χ0) is 9.52. The molecule has 0 aromatic carbocycles. The van der Waals surface area contributed by atoms with Crippen LogP contribution in [0.15, 0.2) is 0 Å². The van der Waals surface area contributed by atoms with Gasteiger partial charge in [-0.2, -0.15) is 0 Å². The molecule has 72 valence electrons. The van der Waals surface area contributed by atoms with Crippen LogP contribution in [0.4, 0.5) is 0 Å². The van der Waals surface area contributed by atoms with Gasteiger partial charge in [0.25, 0.3) is 5.91 Å². The molecule has 1 amide bonds. The average molecular weight is 180 g/mol. The third kappa shape index (κ3) is 5.26. The van der Waals surface area contributed by atoms with Crippen molar-refractivity contribution in [2.75, 3.05) is 13.1 Å². The first-order chi connectivity index (χ1) is 6.33. The Balaban J connectivity index is 1.86. The van der Waals surface area contributed by atoms with Crippen molar-refractivity contribution in [3.63, 3.8) is 0 Å². The minimum atomic E-state index is -0.172. The first-order valence-corrected chi connectivity index (χ1v) is 4.77. The summed E-state index contributed by atoms with van der Waals surface area (Å²) in [6.45, 7) is 3.37. The number of hydrogen-bond donors (Lipinski definition) is 2. The number of carbonyl (C=O) groups is 1. The van der Waals surface area contributed by atoms with Crippen molar-refractivity contribution >= 4 is 5.91 Å². The van der Waals surface area contributed by atoms with Crippen LogP contribution in [0.5, 0.6) is 0 Å². The maximum Gasteiger partial charge on any atom is 0.295 e. The van der Waals surface area contributed by atoms with Gasteiger partial charge < -0.3 is 10.6 Å². The van der Waals surface area contributed by atoms with Gasteiger partial charge in [-0.15, -0.1) is 0 Å². The smallest absolute Gasteiger partial charge is 0.295 e. The Morgan fingerprint density at radius 1 is 1.46 bits per heavy atom. The Kier molecular flexibility index (Phi) is 4.34. The standard InChI is InChI=1S/C10H16N2O/c1-2-4-10(13)12-8-3-7-11-9-5-6-9/h9,11H,3,5-8H2,1H3,(H,12,13). The fraction of sp³-hybridized carbons (Fsp3) is 0.700. The van der Waals surface area contributed by atoms with Crippen LogP contribution >= 0.6 is 0 Å². The van der Waals surface area contributed by atoms with Crippen LogP contribution in [0.3, 0.4) is 0 Å². The summed E-state index contributed by atoms with van der Waals surface area (Å²) in [5, 5.41) is 6.10. The molecule has 1 rings (SSSR count). The van der Waals surface area contributed by atoms with Crippen LogP contribution in [0.1, 0.15) is 26.2 Å². The molecule has 0 bridgehead atoms. The van der Waals surface area contributed by atoms with Gasteiger partial charge >= 0.3 is 0 Å². The largest absolute Gasteiger partial charge is 0.345 e. The lowest BCUT2D eigenvalue weighted by atomic mass is 10.4. The minimum Gasteiger partial charge on any atom is -0.345 e. The molecular formula is C10H16N2O. The molecule has 1 aliphatic rings. The summed E-state index contributed by atoms with van der Waals surface area (Å²) in [6.07, 6.45) is 3.61. The van der Waals surface area contributed by atoms with Gasteiger partial charge in [-0.3, -0.25) is 4.79 Å². The Labute approximate surface area is 79.3 Å². The highest BCUT2D eigenvalue weighted by atomic mass is 16.1. The molecule has 0 aliphatic heterocycles. The summed E-state index contributed by atoms with van der Waals surface area (Å²) in [6, 6.07) is 0.756. The van der Waals surface area contributed by atoms with Crippen LogP contribution in [-0.4, -0.2) is 25.0 Å². The number of carbonyl (C=O) groups excluding carboxylic acids is 1. The average Bonchev–Trinajstić information content (AvgIpc) is 2.88. The molecule has 0 heterocycles. The molecule has 3 heteroatoms. The van der Waals surface area contributed by atoms with Gasteiger partial charge in [0.05, 0.1) is 0 Å². The number of hydrogen-bond acceptors (Lipinski definition) is 2. The van der Waals surface area contributed by atoms with Gasteiger partial charge in [-0.05, 0) is 38.7 Å². The van der Waals surface area contributed by atoms with Crippen molar-refractivity contribution in [1.82, 2.24) is 10.6 Å². The van der Waals surface area contributed by atoms with Crippen molar-refractivity contribution in [2.24, 2.45) is 0 Å². The number of amides is 1. The Bertz CT molecular complexity index is 223. The van der Waals surface area contributed by atoms with Crippen molar-refractivity contribution in [1.29, 1.82) is 0 Å². The van der Waals surface area contributed by atoms with E-state index in [-0.39, 0.29) is 5.91 Å². The molecule has 0 radical (unpaired) electrons. The van der Waals surface area contributed by atoms with Crippen LogP contribution in [0.25, 0.3) is 0 Å². The van der Waals surface area contributed by atoms with Gasteiger partial charge in [0.2, 0.25) is 0 Å². The third-order valence-electron chi connectivity index (χ3n) is 1.89. The molecule has 0 aromatic heterocycles. The molecule has 3 nitrogen and oxygen atoms in total. The third-order valence-corrected chi connectivity index (χ3v) is 1.89. The summed E-state index contributed by atoms with van der Waals surface area (Å²) in [5.41, 5.74) is 0. The first-order valence-electron chi connectivity index (χ1n) is 4.77. The summed E-state index contributed by atoms with van der Waals surface area (Å²) in [4.78, 5) is 10.8. The predicted octanol–water partition coefficient (Wildman–Crippen LogP) is 0.268. The molecule has 0 aromatic rings. The fourth-order valence-corrected chi connectivity index (χ4v) is 1.04. The van der Waals surface area contributed by atoms with E-state index in [9.17, 15) is 4.79 Å². The van der Waals surface area contributed by atoms with Crippen LogP contribution in [0, 0.1) is 11.8 Å². The molecular weight excluding hydrogens is 164 g/mol. The van der Waals surface area contributed by atoms with Gasteiger partial charge in [0, 0.05) is 12.6 Å². The van der Waals surface area contributed by atoms with E-state index in [1.165, 1.54) is 12.8 Å². The van der Waals surface area contributed by atoms with Gasteiger partial charge in [-0.1, -0.05) is 5.92 Å². The highest BCUT2D eigenvalue weighted by Gasteiger charge is 2.19. The highest BCUT2D eigenvalue weighted by molar-refractivity contribution is 5.93. The Morgan fingerprint density at radius 3 is 2.85 bits per heavy atom. The SMILES string of the molecule is CC#CC(=O)NCCCNC1CC1. The summed E-state index contributed by atoms with van der Waals surface area (Å²) >= 11 is 0. The first kappa shape index (κ1) is 10.1. The summed E-state index contributed by atoms with van der Waals surface area (Å²) in [5.74, 6) is 4.82. The second kappa shape index (κ2) is 5.60.